The van der Waals surface area contributed by atoms with E-state index in [0.29, 0.717) is 6.42 Å². The molecule has 1 radical (unpaired) electrons. The number of alkyl halides is 1. The predicted molar refractivity (Wildman–Crippen MR) is 41.8 cm³/mol. The number of rotatable bonds is 4. The fourth-order valence-electron chi connectivity index (χ4n) is 0.853. The smallest absolute Gasteiger partial charge is 0.317 e. The summed E-state index contributed by atoms with van der Waals surface area (Å²) in [5.74, 6) is 1.33. The van der Waals surface area contributed by atoms with E-state index in [1.54, 1.807) is 0 Å². The van der Waals surface area contributed by atoms with Crippen molar-refractivity contribution < 1.29 is 37.1 Å². The second-order valence-electron chi connectivity index (χ2n) is 2.78. The van der Waals surface area contributed by atoms with Crippen LogP contribution in [0.2, 0.25) is 19.1 Å². The minimum Gasteiger partial charge on any atom is -0.317 e. The van der Waals surface area contributed by atoms with Crippen LogP contribution in [0, 0.1) is 5.92 Å². The average molecular weight is 235 g/mol. The summed E-state index contributed by atoms with van der Waals surface area (Å²) in [5.41, 5.74) is 0. The largest absolute Gasteiger partial charge is 3.00 e. The Morgan fingerprint density at radius 3 is 2.20 bits per heavy atom. The summed E-state index contributed by atoms with van der Waals surface area (Å²) in [7, 11) is -0.159. The zero-order valence-electron chi connectivity index (χ0n) is 7.08. The average Bonchev–Trinajstić information content (AvgIpc) is 1.63. The predicted octanol–water partition coefficient (Wildman–Crippen LogP) is 2.69. The molecule has 0 heterocycles. The molecule has 0 aliphatic carbocycles. The summed E-state index contributed by atoms with van der Waals surface area (Å²) in [5, 5.41) is 0. The van der Waals surface area contributed by atoms with Crippen LogP contribution in [0.15, 0.2) is 0 Å². The van der Waals surface area contributed by atoms with Gasteiger partial charge >= 0.3 is 32.7 Å². The Kier molecular flexibility index (Phi) is 11.5. The maximum absolute atomic E-state index is 11.7. The number of hydrogen-bond donors (Lipinski definition) is 0. The van der Waals surface area contributed by atoms with Crippen LogP contribution < -0.4 is 0 Å². The van der Waals surface area contributed by atoms with Crippen molar-refractivity contribution in [3.63, 3.8) is 0 Å². The molecule has 0 nitrogen and oxygen atoms in total. The van der Waals surface area contributed by atoms with Gasteiger partial charge in [-0.25, -0.2) is 0 Å². The molecule has 0 aliphatic heterocycles. The third-order valence-corrected chi connectivity index (χ3v) is 2.49. The molecule has 0 bridgehead atoms. The van der Waals surface area contributed by atoms with Gasteiger partial charge in [-0.1, -0.05) is 13.1 Å². The van der Waals surface area contributed by atoms with E-state index in [1.807, 2.05) is 0 Å². The van der Waals surface area contributed by atoms with Gasteiger partial charge in [0.2, 0.25) is 0 Å². The molecule has 0 aromatic carbocycles. The van der Waals surface area contributed by atoms with E-state index >= 15 is 0 Å². The fraction of sp³-hybridized carbons (Fsp3) is 0.857. The molecular weight excluding hydrogens is 220 g/mol. The maximum Gasteiger partial charge on any atom is 3.00 e. The quantitative estimate of drug-likeness (QED) is 0.519. The Labute approximate surface area is 90.5 Å². The second kappa shape index (κ2) is 8.35. The van der Waals surface area contributed by atoms with E-state index in [0.717, 1.165) is 0 Å². The molecule has 0 saturated carbocycles. The first-order valence-corrected chi connectivity index (χ1v) is 6.04. The molecule has 0 saturated heterocycles. The molecule has 0 amide bonds. The van der Waals surface area contributed by atoms with Gasteiger partial charge in [0.15, 0.2) is 0 Å². The summed E-state index contributed by atoms with van der Waals surface area (Å²) >= 11 is 0. The third kappa shape index (κ3) is 9.25. The minimum atomic E-state index is -0.180. The van der Waals surface area contributed by atoms with Gasteiger partial charge in [0.1, 0.15) is 0 Å². The fourth-order valence-corrected chi connectivity index (χ4v) is 2.24. The Balaban J connectivity index is 0. The molecule has 0 rings (SSSR count). The van der Waals surface area contributed by atoms with Crippen LogP contribution in [-0.4, -0.2) is 15.5 Å². The van der Waals surface area contributed by atoms with E-state index in [-0.39, 0.29) is 48.2 Å². The van der Waals surface area contributed by atoms with Crippen molar-refractivity contribution in [1.82, 2.24) is 0 Å². The number of hydrogen-bond acceptors (Lipinski definition) is 0. The van der Waals surface area contributed by atoms with Crippen LogP contribution in [0.3, 0.4) is 0 Å². The van der Waals surface area contributed by atoms with E-state index in [2.05, 4.69) is 20.0 Å². The Bertz CT molecular complexity index is 68.6. The first-order valence-electron chi connectivity index (χ1n) is 3.33. The van der Waals surface area contributed by atoms with Crippen LogP contribution in [0.25, 0.3) is 0 Å². The second-order valence-corrected chi connectivity index (χ2v) is 5.55. The minimum absolute atomic E-state index is 0. The maximum atomic E-state index is 11.7. The van der Waals surface area contributed by atoms with Crippen molar-refractivity contribution in [3.05, 3.63) is 5.92 Å². The summed E-state index contributed by atoms with van der Waals surface area (Å²) in [6.07, 6.45) is 0.676. The van der Waals surface area contributed by atoms with Gasteiger partial charge in [-0.2, -0.15) is 13.0 Å². The Hall–Kier alpha value is 1.25. The molecule has 55 valence electrons. The van der Waals surface area contributed by atoms with E-state index in [1.165, 1.54) is 12.0 Å². The van der Waals surface area contributed by atoms with Crippen LogP contribution in [0.5, 0.6) is 0 Å². The van der Waals surface area contributed by atoms with Crippen molar-refractivity contribution in [2.45, 2.75) is 32.5 Å². The number of halogens is 1. The zero-order chi connectivity index (χ0) is 7.28. The Morgan fingerprint density at radius 1 is 1.40 bits per heavy atom. The van der Waals surface area contributed by atoms with E-state index in [4.69, 9.17) is 0 Å². The van der Waals surface area contributed by atoms with Gasteiger partial charge in [-0.3, -0.25) is 4.39 Å². The van der Waals surface area contributed by atoms with Crippen molar-refractivity contribution in [2.24, 2.45) is 0 Å². The summed E-state index contributed by atoms with van der Waals surface area (Å²) < 4.78 is 11.7. The molecule has 0 atom stereocenters. The zero-order valence-corrected chi connectivity index (χ0v) is 10.9. The Morgan fingerprint density at radius 2 is 1.90 bits per heavy atom. The van der Waals surface area contributed by atoms with Crippen molar-refractivity contribution in [3.8, 4) is 0 Å². The molecule has 0 aromatic heterocycles. The van der Waals surface area contributed by atoms with Gasteiger partial charge in [-0.05, 0) is 0 Å². The van der Waals surface area contributed by atoms with Crippen LogP contribution in [-0.2, 0) is 32.7 Å². The van der Waals surface area contributed by atoms with Gasteiger partial charge in [0.05, 0.1) is 6.67 Å². The molecule has 0 unspecified atom stereocenters. The van der Waals surface area contributed by atoms with Gasteiger partial charge < -0.3 is 5.92 Å². The first kappa shape index (κ1) is 13.8. The van der Waals surface area contributed by atoms with Crippen LogP contribution in [0.4, 0.5) is 4.39 Å². The van der Waals surface area contributed by atoms with Crippen molar-refractivity contribution >= 4 is 8.80 Å². The van der Waals surface area contributed by atoms with Crippen LogP contribution in [0.1, 0.15) is 13.3 Å². The standard InChI is InChI=1S/C7H15FSi.Y/c1-7(4-5-8)6-9(2)3;/h4-6H2,1-3H3;/q-1;+3. The molecular formula is C7H15FSiY+2. The van der Waals surface area contributed by atoms with Gasteiger partial charge in [-0.15, -0.1) is 6.42 Å². The van der Waals surface area contributed by atoms with Gasteiger partial charge in [0, 0.05) is 8.80 Å². The van der Waals surface area contributed by atoms with Crippen molar-refractivity contribution in [1.29, 1.82) is 0 Å². The SMILES string of the molecule is C[C-](CCF)C[Si](C)C.[Y+3]. The molecule has 3 heteroatoms. The summed E-state index contributed by atoms with van der Waals surface area (Å²) in [6, 6.07) is 1.18. The summed E-state index contributed by atoms with van der Waals surface area (Å²) in [4.78, 5) is 0. The molecule has 0 aliphatic rings. The van der Waals surface area contributed by atoms with Gasteiger partial charge in [0.25, 0.3) is 0 Å². The first-order chi connectivity index (χ1) is 4.16. The molecule has 0 fully saturated rings. The van der Waals surface area contributed by atoms with Crippen molar-refractivity contribution in [2.75, 3.05) is 6.67 Å². The summed E-state index contributed by atoms with van der Waals surface area (Å²) in [6.45, 7) is 6.39. The molecule has 0 aromatic rings. The molecule has 0 spiro atoms. The molecule has 0 N–H and O–H groups in total. The monoisotopic (exact) mass is 235 g/mol. The normalized spacial score (nSPS) is 10.2. The van der Waals surface area contributed by atoms with E-state index in [9.17, 15) is 4.39 Å². The van der Waals surface area contributed by atoms with Crippen LogP contribution >= 0.6 is 0 Å². The topological polar surface area (TPSA) is 0 Å². The third-order valence-electron chi connectivity index (χ3n) is 1.18. The molecule has 10 heavy (non-hydrogen) atoms. The van der Waals surface area contributed by atoms with E-state index < -0.39 is 0 Å².